The van der Waals surface area contributed by atoms with Gasteiger partial charge in [0.15, 0.2) is 0 Å². The molecule has 1 saturated carbocycles. The summed E-state index contributed by atoms with van der Waals surface area (Å²) in [6, 6.07) is 2.44. The molecule has 2 heterocycles. The minimum absolute atomic E-state index is 0.409. The normalized spacial score (nSPS) is 31.5. The second-order valence-electron chi connectivity index (χ2n) is 5.95. The van der Waals surface area contributed by atoms with Gasteiger partial charge in [-0.1, -0.05) is 0 Å². The molecule has 0 bridgehead atoms. The van der Waals surface area contributed by atoms with Gasteiger partial charge in [0.2, 0.25) is 5.95 Å². The van der Waals surface area contributed by atoms with Gasteiger partial charge in [0.1, 0.15) is 0 Å². The van der Waals surface area contributed by atoms with Crippen molar-refractivity contribution >= 4 is 5.95 Å². The van der Waals surface area contributed by atoms with E-state index in [2.05, 4.69) is 14.9 Å². The summed E-state index contributed by atoms with van der Waals surface area (Å²) >= 11 is 0. The molecule has 1 saturated heterocycles. The molecule has 0 spiro atoms. The van der Waals surface area contributed by atoms with Gasteiger partial charge < -0.3 is 10.6 Å². The molecule has 18 heavy (non-hydrogen) atoms. The highest BCUT2D eigenvalue weighted by Crippen LogP contribution is 2.36. The average Bonchev–Trinajstić information content (AvgIpc) is 2.70. The first kappa shape index (κ1) is 11.9. The number of hydrogen-bond acceptors (Lipinski definition) is 4. The molecule has 1 aliphatic heterocycles. The number of hydrogen-bond donors (Lipinski definition) is 1. The zero-order valence-corrected chi connectivity index (χ0v) is 11.3. The summed E-state index contributed by atoms with van der Waals surface area (Å²) in [7, 11) is 0. The Hall–Kier alpha value is -1.16. The van der Waals surface area contributed by atoms with E-state index in [0.29, 0.717) is 6.04 Å². The van der Waals surface area contributed by atoms with Crippen molar-refractivity contribution in [3.63, 3.8) is 0 Å². The summed E-state index contributed by atoms with van der Waals surface area (Å²) in [5.41, 5.74) is 8.19. The minimum Gasteiger partial charge on any atom is -0.340 e. The van der Waals surface area contributed by atoms with Crippen molar-refractivity contribution in [2.75, 3.05) is 18.0 Å². The van der Waals surface area contributed by atoms with Gasteiger partial charge in [-0.25, -0.2) is 9.97 Å². The molecule has 1 aromatic rings. The summed E-state index contributed by atoms with van der Waals surface area (Å²) in [5, 5.41) is 0. The highest BCUT2D eigenvalue weighted by atomic mass is 15.3. The highest BCUT2D eigenvalue weighted by molar-refractivity contribution is 5.34. The van der Waals surface area contributed by atoms with Crippen molar-refractivity contribution in [2.24, 2.45) is 17.6 Å². The lowest BCUT2D eigenvalue weighted by atomic mass is 9.79. The third-order valence-corrected chi connectivity index (χ3v) is 4.34. The number of rotatable bonds is 1. The maximum atomic E-state index is 6.07. The molecule has 1 unspecified atom stereocenters. The van der Waals surface area contributed by atoms with Crippen LogP contribution in [0.1, 0.15) is 30.7 Å². The number of aryl methyl sites for hydroxylation is 2. The SMILES string of the molecule is Cc1cc(C)nc(N2C[C@H]3CC(N)CC[C@H]3C2)n1. The van der Waals surface area contributed by atoms with Gasteiger partial charge in [-0.3, -0.25) is 0 Å². The van der Waals surface area contributed by atoms with Crippen LogP contribution in [0, 0.1) is 25.7 Å². The van der Waals surface area contributed by atoms with Gasteiger partial charge in [0.25, 0.3) is 0 Å². The Labute approximate surface area is 109 Å². The van der Waals surface area contributed by atoms with Crippen LogP contribution in [0.25, 0.3) is 0 Å². The molecule has 0 radical (unpaired) electrons. The molecule has 0 amide bonds. The van der Waals surface area contributed by atoms with Crippen LogP contribution in [0.4, 0.5) is 5.95 Å². The van der Waals surface area contributed by atoms with E-state index < -0.39 is 0 Å². The van der Waals surface area contributed by atoms with E-state index in [1.165, 1.54) is 19.3 Å². The molecule has 3 rings (SSSR count). The standard InChI is InChI=1S/C14H22N4/c1-9-5-10(2)17-14(16-9)18-7-11-3-4-13(15)6-12(11)8-18/h5,11-13H,3-4,6-8,15H2,1-2H3/t11-,12+,13?/m0/s1. The van der Waals surface area contributed by atoms with Gasteiger partial charge in [-0.05, 0) is 51.0 Å². The topological polar surface area (TPSA) is 55.0 Å². The second kappa shape index (κ2) is 4.50. The van der Waals surface area contributed by atoms with Crippen LogP contribution in [0.3, 0.4) is 0 Å². The first-order valence-electron chi connectivity index (χ1n) is 6.94. The summed E-state index contributed by atoms with van der Waals surface area (Å²) in [5.74, 6) is 2.46. The van der Waals surface area contributed by atoms with E-state index in [0.717, 1.165) is 42.3 Å². The van der Waals surface area contributed by atoms with E-state index in [9.17, 15) is 0 Å². The number of fused-ring (bicyclic) bond motifs is 1. The van der Waals surface area contributed by atoms with E-state index >= 15 is 0 Å². The van der Waals surface area contributed by atoms with Gasteiger partial charge in [-0.15, -0.1) is 0 Å². The lowest BCUT2D eigenvalue weighted by molar-refractivity contribution is 0.271. The Morgan fingerprint density at radius 3 is 2.50 bits per heavy atom. The monoisotopic (exact) mass is 246 g/mol. The Bertz CT molecular complexity index is 425. The van der Waals surface area contributed by atoms with Gasteiger partial charge >= 0.3 is 0 Å². The van der Waals surface area contributed by atoms with Gasteiger partial charge in [0.05, 0.1) is 0 Å². The van der Waals surface area contributed by atoms with Crippen molar-refractivity contribution < 1.29 is 0 Å². The maximum absolute atomic E-state index is 6.07. The molecule has 98 valence electrons. The van der Waals surface area contributed by atoms with Crippen LogP contribution in [0.2, 0.25) is 0 Å². The largest absolute Gasteiger partial charge is 0.340 e. The smallest absolute Gasteiger partial charge is 0.225 e. The predicted molar refractivity (Wildman–Crippen MR) is 72.5 cm³/mol. The molecule has 2 aliphatic rings. The first-order valence-corrected chi connectivity index (χ1v) is 6.94. The fourth-order valence-electron chi connectivity index (χ4n) is 3.48. The van der Waals surface area contributed by atoms with Gasteiger partial charge in [-0.2, -0.15) is 0 Å². The fourth-order valence-corrected chi connectivity index (χ4v) is 3.48. The second-order valence-corrected chi connectivity index (χ2v) is 5.95. The van der Waals surface area contributed by atoms with E-state index in [-0.39, 0.29) is 0 Å². The third kappa shape index (κ3) is 2.21. The van der Waals surface area contributed by atoms with Crippen LogP contribution in [0.15, 0.2) is 6.07 Å². The van der Waals surface area contributed by atoms with E-state index in [4.69, 9.17) is 5.73 Å². The summed E-state index contributed by atoms with van der Waals surface area (Å²) in [4.78, 5) is 11.5. The zero-order valence-electron chi connectivity index (χ0n) is 11.3. The third-order valence-electron chi connectivity index (χ3n) is 4.34. The Morgan fingerprint density at radius 1 is 1.11 bits per heavy atom. The average molecular weight is 246 g/mol. The summed E-state index contributed by atoms with van der Waals surface area (Å²) in [6.45, 7) is 6.27. The van der Waals surface area contributed by atoms with Crippen molar-refractivity contribution in [1.82, 2.24) is 9.97 Å². The van der Waals surface area contributed by atoms with Crippen LogP contribution in [-0.4, -0.2) is 29.1 Å². The molecule has 4 nitrogen and oxygen atoms in total. The molecule has 2 fully saturated rings. The number of anilines is 1. The summed E-state index contributed by atoms with van der Waals surface area (Å²) < 4.78 is 0. The number of nitrogens with zero attached hydrogens (tertiary/aromatic N) is 3. The first-order chi connectivity index (χ1) is 8.61. The lowest BCUT2D eigenvalue weighted by Gasteiger charge is -2.27. The summed E-state index contributed by atoms with van der Waals surface area (Å²) in [6.07, 6.45) is 3.63. The maximum Gasteiger partial charge on any atom is 0.225 e. The highest BCUT2D eigenvalue weighted by Gasteiger charge is 2.37. The molecular weight excluding hydrogens is 224 g/mol. The van der Waals surface area contributed by atoms with Crippen LogP contribution < -0.4 is 10.6 Å². The van der Waals surface area contributed by atoms with E-state index in [1.807, 2.05) is 19.9 Å². The fraction of sp³-hybridized carbons (Fsp3) is 0.714. The van der Waals surface area contributed by atoms with Crippen molar-refractivity contribution in [2.45, 2.75) is 39.2 Å². The molecule has 0 aromatic carbocycles. The van der Waals surface area contributed by atoms with Crippen molar-refractivity contribution in [3.8, 4) is 0 Å². The Kier molecular flexibility index (Phi) is 2.98. The van der Waals surface area contributed by atoms with Gasteiger partial charge in [0, 0.05) is 30.5 Å². The molecular formula is C14H22N4. The quantitative estimate of drug-likeness (QED) is 0.818. The van der Waals surface area contributed by atoms with Crippen LogP contribution in [0.5, 0.6) is 0 Å². The number of nitrogens with two attached hydrogens (primary N) is 1. The number of aromatic nitrogens is 2. The van der Waals surface area contributed by atoms with E-state index in [1.54, 1.807) is 0 Å². The predicted octanol–water partition coefficient (Wildman–Crippen LogP) is 1.66. The molecule has 2 N–H and O–H groups in total. The lowest BCUT2D eigenvalue weighted by Crippen LogP contribution is -2.32. The molecule has 4 heteroatoms. The molecule has 3 atom stereocenters. The van der Waals surface area contributed by atoms with Crippen LogP contribution >= 0.6 is 0 Å². The molecule has 1 aromatic heterocycles. The van der Waals surface area contributed by atoms with Crippen LogP contribution in [-0.2, 0) is 0 Å². The van der Waals surface area contributed by atoms with Crippen molar-refractivity contribution in [3.05, 3.63) is 17.5 Å². The Balaban J connectivity index is 1.78. The zero-order chi connectivity index (χ0) is 12.7. The molecule has 1 aliphatic carbocycles. The Morgan fingerprint density at radius 2 is 1.78 bits per heavy atom. The minimum atomic E-state index is 0.409. The van der Waals surface area contributed by atoms with Crippen molar-refractivity contribution in [1.29, 1.82) is 0 Å².